The van der Waals surface area contributed by atoms with Gasteiger partial charge in [0.15, 0.2) is 0 Å². The van der Waals surface area contributed by atoms with Crippen LogP contribution < -0.4 is 0 Å². The highest BCUT2D eigenvalue weighted by molar-refractivity contribution is 4.88. The standard InChI is InChI=1S/C12H23N3O/c1-5-11(16)10(4)6-12-13-8-14-15(12)7-9(2)3/h8-11,16H,5-7H2,1-4H3. The highest BCUT2D eigenvalue weighted by atomic mass is 16.3. The SMILES string of the molecule is CCC(O)C(C)Cc1ncnn1CC(C)C. The molecule has 0 aliphatic heterocycles. The fraction of sp³-hybridized carbons (Fsp3) is 0.833. The van der Waals surface area contributed by atoms with Crippen molar-refractivity contribution in [2.24, 2.45) is 11.8 Å². The maximum absolute atomic E-state index is 9.74. The number of rotatable bonds is 6. The van der Waals surface area contributed by atoms with Gasteiger partial charge in [0.1, 0.15) is 12.2 Å². The van der Waals surface area contributed by atoms with E-state index in [9.17, 15) is 5.11 Å². The molecule has 0 aromatic carbocycles. The Morgan fingerprint density at radius 1 is 1.38 bits per heavy atom. The fourth-order valence-electron chi connectivity index (χ4n) is 1.77. The van der Waals surface area contributed by atoms with E-state index in [-0.39, 0.29) is 12.0 Å². The molecule has 1 rings (SSSR count). The van der Waals surface area contributed by atoms with E-state index in [1.54, 1.807) is 6.33 Å². The molecule has 0 amide bonds. The maximum Gasteiger partial charge on any atom is 0.138 e. The minimum absolute atomic E-state index is 0.236. The van der Waals surface area contributed by atoms with Gasteiger partial charge in [-0.3, -0.25) is 0 Å². The third kappa shape index (κ3) is 3.59. The van der Waals surface area contributed by atoms with Crippen molar-refractivity contribution in [3.63, 3.8) is 0 Å². The lowest BCUT2D eigenvalue weighted by Gasteiger charge is -2.17. The van der Waals surface area contributed by atoms with E-state index >= 15 is 0 Å². The van der Waals surface area contributed by atoms with Gasteiger partial charge in [-0.2, -0.15) is 5.10 Å². The molecule has 0 fully saturated rings. The second-order valence-corrected chi connectivity index (χ2v) is 4.91. The summed E-state index contributed by atoms with van der Waals surface area (Å²) in [6.07, 6.45) is 2.94. The van der Waals surface area contributed by atoms with Crippen molar-refractivity contribution in [2.75, 3.05) is 0 Å². The lowest BCUT2D eigenvalue weighted by atomic mass is 9.98. The number of hydrogen-bond donors (Lipinski definition) is 1. The van der Waals surface area contributed by atoms with Crippen LogP contribution in [0, 0.1) is 11.8 Å². The zero-order valence-electron chi connectivity index (χ0n) is 10.7. The summed E-state index contributed by atoms with van der Waals surface area (Å²) in [5.74, 6) is 1.78. The molecule has 0 spiro atoms. The van der Waals surface area contributed by atoms with Gasteiger partial charge in [-0.1, -0.05) is 27.7 Å². The maximum atomic E-state index is 9.74. The molecule has 0 aliphatic rings. The average molecular weight is 225 g/mol. The summed E-state index contributed by atoms with van der Waals surface area (Å²) in [6.45, 7) is 9.28. The van der Waals surface area contributed by atoms with Gasteiger partial charge in [-0.25, -0.2) is 9.67 Å². The van der Waals surface area contributed by atoms with Crippen LogP contribution in [0.15, 0.2) is 6.33 Å². The van der Waals surface area contributed by atoms with Gasteiger partial charge in [0, 0.05) is 13.0 Å². The van der Waals surface area contributed by atoms with E-state index in [0.29, 0.717) is 5.92 Å². The van der Waals surface area contributed by atoms with Crippen molar-refractivity contribution in [1.29, 1.82) is 0 Å². The predicted octanol–water partition coefficient (Wildman–Crippen LogP) is 1.88. The molecule has 0 saturated carbocycles. The molecule has 1 heterocycles. The van der Waals surface area contributed by atoms with Gasteiger partial charge in [-0.15, -0.1) is 0 Å². The van der Waals surface area contributed by atoms with Crippen LogP contribution in [-0.4, -0.2) is 26.0 Å². The lowest BCUT2D eigenvalue weighted by Crippen LogP contribution is -2.21. The lowest BCUT2D eigenvalue weighted by molar-refractivity contribution is 0.111. The fourth-order valence-corrected chi connectivity index (χ4v) is 1.77. The van der Waals surface area contributed by atoms with Gasteiger partial charge in [0.25, 0.3) is 0 Å². The molecule has 4 heteroatoms. The van der Waals surface area contributed by atoms with Crippen LogP contribution >= 0.6 is 0 Å². The molecule has 2 unspecified atom stereocenters. The summed E-state index contributed by atoms with van der Waals surface area (Å²) in [5, 5.41) is 14.0. The summed E-state index contributed by atoms with van der Waals surface area (Å²) >= 11 is 0. The van der Waals surface area contributed by atoms with Gasteiger partial charge in [0.2, 0.25) is 0 Å². The van der Waals surface area contributed by atoms with Gasteiger partial charge >= 0.3 is 0 Å². The molecule has 0 aliphatic carbocycles. The molecule has 16 heavy (non-hydrogen) atoms. The molecule has 1 N–H and O–H groups in total. The molecule has 1 aromatic heterocycles. The second kappa shape index (κ2) is 5.99. The van der Waals surface area contributed by atoms with Crippen LogP contribution in [0.1, 0.15) is 39.9 Å². The van der Waals surface area contributed by atoms with E-state index in [1.807, 2.05) is 11.6 Å². The molecule has 92 valence electrons. The van der Waals surface area contributed by atoms with Crippen LogP contribution in [0.25, 0.3) is 0 Å². The van der Waals surface area contributed by atoms with Crippen LogP contribution in [0.5, 0.6) is 0 Å². The van der Waals surface area contributed by atoms with E-state index in [0.717, 1.165) is 25.2 Å². The Hall–Kier alpha value is -0.900. The van der Waals surface area contributed by atoms with E-state index in [2.05, 4.69) is 30.9 Å². The van der Waals surface area contributed by atoms with Crippen LogP contribution in [0.4, 0.5) is 0 Å². The largest absolute Gasteiger partial charge is 0.393 e. The van der Waals surface area contributed by atoms with Gasteiger partial charge < -0.3 is 5.11 Å². The van der Waals surface area contributed by atoms with Crippen molar-refractivity contribution in [3.05, 3.63) is 12.2 Å². The molecule has 0 bridgehead atoms. The first-order chi connectivity index (χ1) is 7.54. The molecular formula is C12H23N3O. The van der Waals surface area contributed by atoms with Crippen LogP contribution in [0.3, 0.4) is 0 Å². The quantitative estimate of drug-likeness (QED) is 0.804. The molecular weight excluding hydrogens is 202 g/mol. The van der Waals surface area contributed by atoms with Crippen LogP contribution in [0.2, 0.25) is 0 Å². The Kier molecular flexibility index (Phi) is 4.93. The first kappa shape index (κ1) is 13.2. The van der Waals surface area contributed by atoms with Crippen molar-refractivity contribution in [3.8, 4) is 0 Å². The van der Waals surface area contributed by atoms with Crippen LogP contribution in [-0.2, 0) is 13.0 Å². The predicted molar refractivity (Wildman–Crippen MR) is 64.0 cm³/mol. The van der Waals surface area contributed by atoms with Gasteiger partial charge in [0.05, 0.1) is 6.10 Å². The second-order valence-electron chi connectivity index (χ2n) is 4.91. The Morgan fingerprint density at radius 2 is 2.06 bits per heavy atom. The third-order valence-electron chi connectivity index (χ3n) is 2.81. The summed E-state index contributed by atoms with van der Waals surface area (Å²) in [6, 6.07) is 0. The van der Waals surface area contributed by atoms with Gasteiger partial charge in [-0.05, 0) is 18.3 Å². The zero-order chi connectivity index (χ0) is 12.1. The van der Waals surface area contributed by atoms with Crippen molar-refractivity contribution < 1.29 is 5.11 Å². The molecule has 0 saturated heterocycles. The monoisotopic (exact) mass is 225 g/mol. The normalized spacial score (nSPS) is 15.4. The summed E-state index contributed by atoms with van der Waals surface area (Å²) in [5.41, 5.74) is 0. The number of aromatic nitrogens is 3. The molecule has 4 nitrogen and oxygen atoms in total. The Morgan fingerprint density at radius 3 is 2.62 bits per heavy atom. The summed E-state index contributed by atoms with van der Waals surface area (Å²) in [7, 11) is 0. The molecule has 2 atom stereocenters. The number of aliphatic hydroxyl groups excluding tert-OH is 1. The summed E-state index contributed by atoms with van der Waals surface area (Å²) < 4.78 is 1.95. The van der Waals surface area contributed by atoms with E-state index in [1.165, 1.54) is 0 Å². The minimum Gasteiger partial charge on any atom is -0.393 e. The third-order valence-corrected chi connectivity index (χ3v) is 2.81. The average Bonchev–Trinajstić information content (AvgIpc) is 2.63. The van der Waals surface area contributed by atoms with Crippen molar-refractivity contribution in [2.45, 2.75) is 53.2 Å². The molecule has 0 radical (unpaired) electrons. The Labute approximate surface area is 97.7 Å². The minimum atomic E-state index is -0.246. The van der Waals surface area contributed by atoms with Crippen molar-refractivity contribution >= 4 is 0 Å². The smallest absolute Gasteiger partial charge is 0.138 e. The highest BCUT2D eigenvalue weighted by Crippen LogP contribution is 2.13. The zero-order valence-corrected chi connectivity index (χ0v) is 10.7. The summed E-state index contributed by atoms with van der Waals surface area (Å²) in [4.78, 5) is 4.27. The first-order valence-corrected chi connectivity index (χ1v) is 6.09. The molecule has 1 aromatic rings. The highest BCUT2D eigenvalue weighted by Gasteiger charge is 2.16. The Bertz CT molecular complexity index is 309. The Balaban J connectivity index is 2.62. The van der Waals surface area contributed by atoms with E-state index < -0.39 is 0 Å². The topological polar surface area (TPSA) is 50.9 Å². The first-order valence-electron chi connectivity index (χ1n) is 6.09. The number of nitrogens with zero attached hydrogens (tertiary/aromatic N) is 3. The van der Waals surface area contributed by atoms with Crippen molar-refractivity contribution in [1.82, 2.24) is 14.8 Å². The van der Waals surface area contributed by atoms with E-state index in [4.69, 9.17) is 0 Å². The number of hydrogen-bond acceptors (Lipinski definition) is 3. The number of aliphatic hydroxyl groups is 1.